The third-order valence-electron chi connectivity index (χ3n) is 1.18. The van der Waals surface area contributed by atoms with Crippen LogP contribution in [-0.2, 0) is 0 Å². The molecule has 0 saturated heterocycles. The second-order valence-corrected chi connectivity index (χ2v) is 3.74. The zero-order valence-electron chi connectivity index (χ0n) is 8.02. The summed E-state index contributed by atoms with van der Waals surface area (Å²) in [5.74, 6) is 2.63. The highest BCUT2D eigenvalue weighted by Crippen LogP contribution is 1.93. The summed E-state index contributed by atoms with van der Waals surface area (Å²) in [6, 6.07) is 0. The lowest BCUT2D eigenvalue weighted by atomic mass is 10.2. The fourth-order valence-electron chi connectivity index (χ4n) is 0. The standard InChI is InChI=1S/C5H12.C4H10S/c1-4-5(2)3;1-4(2)3-5/h5H,4H2,1-3H3;4-5H,3H2,1-2H3. The van der Waals surface area contributed by atoms with Crippen LogP contribution in [0.5, 0.6) is 0 Å². The van der Waals surface area contributed by atoms with E-state index < -0.39 is 0 Å². The molecule has 0 aliphatic heterocycles. The number of hydrogen-bond donors (Lipinski definition) is 1. The Balaban J connectivity index is 0. The summed E-state index contributed by atoms with van der Waals surface area (Å²) in [5.41, 5.74) is 0. The molecule has 0 heterocycles. The second-order valence-electron chi connectivity index (χ2n) is 3.38. The quantitative estimate of drug-likeness (QED) is 0.589. The van der Waals surface area contributed by atoms with Crippen LogP contribution >= 0.6 is 12.6 Å². The zero-order chi connectivity index (χ0) is 8.57. The van der Waals surface area contributed by atoms with Crippen molar-refractivity contribution in [1.82, 2.24) is 0 Å². The molecule has 64 valence electrons. The van der Waals surface area contributed by atoms with E-state index in [2.05, 4.69) is 47.2 Å². The lowest BCUT2D eigenvalue weighted by Crippen LogP contribution is -1.83. The molecular weight excluding hydrogens is 140 g/mol. The molecule has 0 amide bonds. The average molecular weight is 162 g/mol. The summed E-state index contributed by atoms with van der Waals surface area (Å²) in [5, 5.41) is 0. The molecule has 0 atom stereocenters. The highest BCUT2D eigenvalue weighted by molar-refractivity contribution is 7.80. The van der Waals surface area contributed by atoms with Crippen LogP contribution in [0.3, 0.4) is 0 Å². The molecule has 0 aromatic rings. The van der Waals surface area contributed by atoms with Crippen molar-refractivity contribution >= 4 is 12.6 Å². The van der Waals surface area contributed by atoms with Gasteiger partial charge in [-0.3, -0.25) is 0 Å². The van der Waals surface area contributed by atoms with Crippen LogP contribution in [0.25, 0.3) is 0 Å². The van der Waals surface area contributed by atoms with Crippen molar-refractivity contribution in [3.63, 3.8) is 0 Å². The van der Waals surface area contributed by atoms with Gasteiger partial charge < -0.3 is 0 Å². The Labute approximate surface area is 71.8 Å². The summed E-state index contributed by atoms with van der Waals surface area (Å²) in [6.45, 7) is 10.9. The molecule has 0 aliphatic rings. The first-order valence-corrected chi connectivity index (χ1v) is 4.78. The van der Waals surface area contributed by atoms with Crippen LogP contribution < -0.4 is 0 Å². The topological polar surface area (TPSA) is 0 Å². The molecule has 0 aromatic carbocycles. The third kappa shape index (κ3) is 23.8. The fraction of sp³-hybridized carbons (Fsp3) is 1.00. The van der Waals surface area contributed by atoms with Crippen molar-refractivity contribution < 1.29 is 0 Å². The number of thiol groups is 1. The molecule has 0 nitrogen and oxygen atoms in total. The van der Waals surface area contributed by atoms with E-state index in [0.29, 0.717) is 0 Å². The van der Waals surface area contributed by atoms with E-state index in [-0.39, 0.29) is 0 Å². The van der Waals surface area contributed by atoms with Crippen LogP contribution in [0.4, 0.5) is 0 Å². The molecule has 0 radical (unpaired) electrons. The summed E-state index contributed by atoms with van der Waals surface area (Å²) >= 11 is 4.02. The van der Waals surface area contributed by atoms with Crippen molar-refractivity contribution in [2.45, 2.75) is 41.0 Å². The first kappa shape index (κ1) is 13.0. The smallest absolute Gasteiger partial charge is 0.00748 e. The van der Waals surface area contributed by atoms with Gasteiger partial charge in [0, 0.05) is 0 Å². The molecule has 0 bridgehead atoms. The lowest BCUT2D eigenvalue weighted by molar-refractivity contribution is 0.626. The molecule has 0 N–H and O–H groups in total. The van der Waals surface area contributed by atoms with E-state index in [1.54, 1.807) is 0 Å². The molecule has 0 unspecified atom stereocenters. The first-order valence-electron chi connectivity index (χ1n) is 4.15. The van der Waals surface area contributed by atoms with Crippen LogP contribution in [-0.4, -0.2) is 5.75 Å². The number of hydrogen-bond acceptors (Lipinski definition) is 1. The molecule has 10 heavy (non-hydrogen) atoms. The Bertz CT molecular complexity index is 40.7. The van der Waals surface area contributed by atoms with E-state index in [4.69, 9.17) is 0 Å². The van der Waals surface area contributed by atoms with E-state index in [9.17, 15) is 0 Å². The maximum absolute atomic E-state index is 4.02. The van der Waals surface area contributed by atoms with Gasteiger partial charge in [0.15, 0.2) is 0 Å². The van der Waals surface area contributed by atoms with E-state index >= 15 is 0 Å². The van der Waals surface area contributed by atoms with Crippen molar-refractivity contribution in [1.29, 1.82) is 0 Å². The molecule has 0 rings (SSSR count). The molecule has 0 aliphatic carbocycles. The summed E-state index contributed by atoms with van der Waals surface area (Å²) < 4.78 is 0. The van der Waals surface area contributed by atoms with Crippen molar-refractivity contribution in [3.05, 3.63) is 0 Å². The van der Waals surface area contributed by atoms with Gasteiger partial charge in [-0.2, -0.15) is 12.6 Å². The normalized spacial score (nSPS) is 9.60. The Morgan fingerprint density at radius 3 is 1.20 bits per heavy atom. The van der Waals surface area contributed by atoms with Gasteiger partial charge in [-0.25, -0.2) is 0 Å². The van der Waals surface area contributed by atoms with Gasteiger partial charge in [0.05, 0.1) is 0 Å². The molecule has 0 spiro atoms. The molecule has 1 heteroatoms. The summed E-state index contributed by atoms with van der Waals surface area (Å²) in [7, 11) is 0. The van der Waals surface area contributed by atoms with Gasteiger partial charge in [0.2, 0.25) is 0 Å². The highest BCUT2D eigenvalue weighted by atomic mass is 32.1. The van der Waals surface area contributed by atoms with E-state index in [0.717, 1.165) is 17.6 Å². The van der Waals surface area contributed by atoms with Crippen LogP contribution in [0.2, 0.25) is 0 Å². The van der Waals surface area contributed by atoms with Crippen molar-refractivity contribution in [3.8, 4) is 0 Å². The monoisotopic (exact) mass is 162 g/mol. The van der Waals surface area contributed by atoms with Gasteiger partial charge in [-0.05, 0) is 17.6 Å². The van der Waals surface area contributed by atoms with Gasteiger partial charge in [-0.1, -0.05) is 41.0 Å². The van der Waals surface area contributed by atoms with Crippen molar-refractivity contribution in [2.24, 2.45) is 11.8 Å². The minimum atomic E-state index is 0.748. The van der Waals surface area contributed by atoms with Crippen LogP contribution in [0.15, 0.2) is 0 Å². The van der Waals surface area contributed by atoms with Crippen LogP contribution in [0.1, 0.15) is 41.0 Å². The minimum absolute atomic E-state index is 0.748. The average Bonchev–Trinajstić information content (AvgIpc) is 1.89. The molecular formula is C9H22S. The maximum atomic E-state index is 4.02. The predicted molar refractivity (Wildman–Crippen MR) is 53.8 cm³/mol. The Kier molecular flexibility index (Phi) is 12.1. The Morgan fingerprint density at radius 1 is 1.00 bits per heavy atom. The lowest BCUT2D eigenvalue weighted by Gasteiger charge is -1.90. The van der Waals surface area contributed by atoms with Gasteiger partial charge >= 0.3 is 0 Å². The Hall–Kier alpha value is 0.350. The highest BCUT2D eigenvalue weighted by Gasteiger charge is 1.81. The number of rotatable bonds is 2. The molecule has 0 fully saturated rings. The summed E-state index contributed by atoms with van der Waals surface area (Å²) in [6.07, 6.45) is 1.31. The van der Waals surface area contributed by atoms with Crippen LogP contribution in [0, 0.1) is 11.8 Å². The van der Waals surface area contributed by atoms with E-state index in [1.165, 1.54) is 6.42 Å². The van der Waals surface area contributed by atoms with Crippen molar-refractivity contribution in [2.75, 3.05) is 5.75 Å². The Morgan fingerprint density at radius 2 is 1.20 bits per heavy atom. The molecule has 0 aromatic heterocycles. The minimum Gasteiger partial charge on any atom is -0.179 e. The SMILES string of the molecule is CC(C)CS.CCC(C)C. The van der Waals surface area contributed by atoms with E-state index in [1.807, 2.05) is 0 Å². The zero-order valence-corrected chi connectivity index (χ0v) is 8.91. The molecule has 0 saturated carbocycles. The fourth-order valence-corrected chi connectivity index (χ4v) is 0. The van der Waals surface area contributed by atoms with Gasteiger partial charge in [0.25, 0.3) is 0 Å². The van der Waals surface area contributed by atoms with Gasteiger partial charge in [-0.15, -0.1) is 0 Å². The predicted octanol–water partition coefficient (Wildman–Crippen LogP) is 3.62. The second kappa shape index (κ2) is 9.35. The largest absolute Gasteiger partial charge is 0.179 e. The first-order chi connectivity index (χ1) is 4.54. The summed E-state index contributed by atoms with van der Waals surface area (Å²) in [4.78, 5) is 0. The van der Waals surface area contributed by atoms with Gasteiger partial charge in [0.1, 0.15) is 0 Å². The third-order valence-corrected chi connectivity index (χ3v) is 1.91. The maximum Gasteiger partial charge on any atom is -0.00748 e.